The topological polar surface area (TPSA) is 127 Å². The predicted molar refractivity (Wildman–Crippen MR) is 177 cm³/mol. The molecule has 244 valence electrons. The Morgan fingerprint density at radius 2 is 0.625 bits per heavy atom. The van der Waals surface area contributed by atoms with Crippen LogP contribution in [0.3, 0.4) is 0 Å². The lowest BCUT2D eigenvalue weighted by molar-refractivity contribution is -0.0692. The third-order valence-electron chi connectivity index (χ3n) is 11.4. The zero-order valence-corrected chi connectivity index (χ0v) is 26.8. The molecule has 4 saturated carbocycles. The normalized spacial score (nSPS) is 26.9. The molecular weight excluding hydrogens is 608 g/mol. The molecule has 2 N–H and O–H groups in total. The second kappa shape index (κ2) is 11.2. The molecule has 4 aromatic rings. The first-order chi connectivity index (χ1) is 23.0. The number of hydrogen-bond donors (Lipinski definition) is 2. The molecule has 8 nitrogen and oxygen atoms in total. The summed E-state index contributed by atoms with van der Waals surface area (Å²) in [6, 6.07) is 30.0. The van der Waals surface area contributed by atoms with Crippen LogP contribution in [-0.2, 0) is 31.1 Å². The summed E-state index contributed by atoms with van der Waals surface area (Å²) in [6.07, 6.45) is 4.92. The number of carbonyl (C=O) groups is 4. The number of carbonyl (C=O) groups excluding carboxylic acids is 2. The van der Waals surface area contributed by atoms with Crippen molar-refractivity contribution >= 4 is 23.9 Å². The Kier molecular flexibility index (Phi) is 7.31. The molecule has 4 fully saturated rings. The van der Waals surface area contributed by atoms with Gasteiger partial charge >= 0.3 is 23.9 Å². The lowest BCUT2D eigenvalue weighted by atomic mass is 9.32. The molecule has 0 aliphatic heterocycles. The van der Waals surface area contributed by atoms with Crippen molar-refractivity contribution < 1.29 is 38.9 Å². The van der Waals surface area contributed by atoms with Crippen molar-refractivity contribution in [3.63, 3.8) is 0 Å². The first kappa shape index (κ1) is 31.4. The van der Waals surface area contributed by atoms with Gasteiger partial charge in [0, 0.05) is 0 Å². The van der Waals surface area contributed by atoms with Crippen molar-refractivity contribution in [2.75, 3.05) is 14.2 Å². The smallest absolute Gasteiger partial charge is 0.337 e. The lowest BCUT2D eigenvalue weighted by Gasteiger charge is -2.71. The quantitative estimate of drug-likeness (QED) is 0.195. The Morgan fingerprint density at radius 1 is 0.417 bits per heavy atom. The Bertz CT molecular complexity index is 1770. The summed E-state index contributed by atoms with van der Waals surface area (Å²) in [4.78, 5) is 48.4. The molecular formula is C40H36O8. The molecule has 0 heterocycles. The van der Waals surface area contributed by atoms with Gasteiger partial charge in [0.1, 0.15) is 0 Å². The molecule has 0 unspecified atom stereocenters. The van der Waals surface area contributed by atoms with Crippen LogP contribution in [0.1, 0.15) is 102 Å². The molecule has 8 rings (SSSR count). The molecule has 48 heavy (non-hydrogen) atoms. The van der Waals surface area contributed by atoms with Crippen molar-refractivity contribution in [3.05, 3.63) is 142 Å². The van der Waals surface area contributed by atoms with Gasteiger partial charge in [0.25, 0.3) is 0 Å². The molecule has 0 atom stereocenters. The average Bonchev–Trinajstić information content (AvgIpc) is 3.10. The highest BCUT2D eigenvalue weighted by molar-refractivity contribution is 5.90. The standard InChI is InChI=1S/C40H36O8/c1-47-35(45)27-7-15-31(16-8-27)39-20-37(29-11-3-25(4-12-29)33(41)42)19-38(21-39,30-13-5-26(6-14-30)34(43)44)23-40(22-37,24-39)32-17-9-28(10-18-32)36(46)48-2/h3-18H,19-24H2,1-2H3,(H,41,42)(H,43,44). The van der Waals surface area contributed by atoms with Gasteiger partial charge < -0.3 is 19.7 Å². The third-order valence-corrected chi connectivity index (χ3v) is 11.4. The molecule has 0 radical (unpaired) electrons. The van der Waals surface area contributed by atoms with Gasteiger partial charge in [-0.25, -0.2) is 19.2 Å². The molecule has 4 aliphatic carbocycles. The maximum Gasteiger partial charge on any atom is 0.337 e. The molecule has 0 aromatic heterocycles. The van der Waals surface area contributed by atoms with Gasteiger partial charge in [0.05, 0.1) is 36.5 Å². The number of ether oxygens (including phenoxy) is 2. The van der Waals surface area contributed by atoms with Crippen LogP contribution in [0.4, 0.5) is 0 Å². The van der Waals surface area contributed by atoms with E-state index in [2.05, 4.69) is 0 Å². The number of aromatic carboxylic acids is 2. The van der Waals surface area contributed by atoms with Crippen LogP contribution in [0.15, 0.2) is 97.1 Å². The van der Waals surface area contributed by atoms with E-state index in [1.54, 1.807) is 24.3 Å². The van der Waals surface area contributed by atoms with Crippen molar-refractivity contribution in [1.29, 1.82) is 0 Å². The Labute approximate surface area is 278 Å². The largest absolute Gasteiger partial charge is 0.478 e. The second-order valence-corrected chi connectivity index (χ2v) is 14.1. The van der Waals surface area contributed by atoms with Crippen molar-refractivity contribution in [2.24, 2.45) is 0 Å². The zero-order valence-electron chi connectivity index (χ0n) is 26.8. The van der Waals surface area contributed by atoms with Crippen molar-refractivity contribution in [1.82, 2.24) is 0 Å². The van der Waals surface area contributed by atoms with E-state index in [1.807, 2.05) is 72.8 Å². The first-order valence-corrected chi connectivity index (χ1v) is 16.0. The summed E-state index contributed by atoms with van der Waals surface area (Å²) in [5.41, 5.74) is 4.35. The van der Waals surface area contributed by atoms with Gasteiger partial charge in [-0.2, -0.15) is 0 Å². The van der Waals surface area contributed by atoms with E-state index in [9.17, 15) is 29.4 Å². The molecule has 4 aliphatic rings. The van der Waals surface area contributed by atoms with Crippen molar-refractivity contribution in [3.8, 4) is 0 Å². The van der Waals surface area contributed by atoms with Crippen LogP contribution in [0.2, 0.25) is 0 Å². The summed E-state index contributed by atoms with van der Waals surface area (Å²) in [7, 11) is 2.73. The molecule has 4 bridgehead atoms. The van der Waals surface area contributed by atoms with E-state index in [1.165, 1.54) is 14.2 Å². The van der Waals surface area contributed by atoms with E-state index in [0.717, 1.165) is 60.8 Å². The summed E-state index contributed by atoms with van der Waals surface area (Å²) < 4.78 is 9.96. The first-order valence-electron chi connectivity index (χ1n) is 16.0. The Morgan fingerprint density at radius 3 is 0.812 bits per heavy atom. The number of hydrogen-bond acceptors (Lipinski definition) is 6. The molecule has 0 amide bonds. The van der Waals surface area contributed by atoms with Gasteiger partial charge in [0.15, 0.2) is 0 Å². The van der Waals surface area contributed by atoms with E-state index in [0.29, 0.717) is 11.1 Å². The highest BCUT2D eigenvalue weighted by Gasteiger charge is 2.69. The fourth-order valence-corrected chi connectivity index (χ4v) is 9.95. The zero-order chi connectivity index (χ0) is 33.9. The van der Waals surface area contributed by atoms with Crippen LogP contribution < -0.4 is 0 Å². The number of esters is 2. The average molecular weight is 645 g/mol. The predicted octanol–water partition coefficient (Wildman–Crippen LogP) is 7.09. The number of carboxylic acids is 2. The van der Waals surface area contributed by atoms with Gasteiger partial charge in [-0.1, -0.05) is 48.5 Å². The van der Waals surface area contributed by atoms with Crippen LogP contribution in [-0.4, -0.2) is 48.3 Å². The lowest BCUT2D eigenvalue weighted by Crippen LogP contribution is -2.67. The van der Waals surface area contributed by atoms with E-state index < -0.39 is 23.9 Å². The van der Waals surface area contributed by atoms with Crippen LogP contribution in [0.5, 0.6) is 0 Å². The fraction of sp³-hybridized carbons (Fsp3) is 0.300. The molecule has 8 heteroatoms. The summed E-state index contributed by atoms with van der Waals surface area (Å²) in [6.45, 7) is 0. The third kappa shape index (κ3) is 4.89. The maximum atomic E-state index is 12.4. The minimum absolute atomic E-state index is 0.226. The van der Waals surface area contributed by atoms with Crippen LogP contribution in [0, 0.1) is 0 Å². The fourth-order valence-electron chi connectivity index (χ4n) is 9.95. The highest BCUT2D eigenvalue weighted by Crippen LogP contribution is 2.74. The number of methoxy groups -OCH3 is 2. The minimum Gasteiger partial charge on any atom is -0.478 e. The number of benzene rings is 4. The Balaban J connectivity index is 1.46. The maximum absolute atomic E-state index is 12.4. The van der Waals surface area contributed by atoms with Crippen molar-refractivity contribution in [2.45, 2.75) is 60.2 Å². The molecule has 0 saturated heterocycles. The molecule has 0 spiro atoms. The highest BCUT2D eigenvalue weighted by atomic mass is 16.5. The van der Waals surface area contributed by atoms with Crippen LogP contribution in [0.25, 0.3) is 0 Å². The van der Waals surface area contributed by atoms with Crippen LogP contribution >= 0.6 is 0 Å². The van der Waals surface area contributed by atoms with Gasteiger partial charge in [-0.3, -0.25) is 0 Å². The molecule has 4 aromatic carbocycles. The number of rotatable bonds is 8. The van der Waals surface area contributed by atoms with E-state index in [-0.39, 0.29) is 32.8 Å². The van der Waals surface area contributed by atoms with E-state index >= 15 is 0 Å². The van der Waals surface area contributed by atoms with Gasteiger partial charge in [0.2, 0.25) is 0 Å². The monoisotopic (exact) mass is 644 g/mol. The minimum atomic E-state index is -0.980. The Hall–Kier alpha value is -5.24. The summed E-state index contributed by atoms with van der Waals surface area (Å²) >= 11 is 0. The summed E-state index contributed by atoms with van der Waals surface area (Å²) in [5.74, 6) is -2.77. The second-order valence-electron chi connectivity index (χ2n) is 14.1. The van der Waals surface area contributed by atoms with Gasteiger partial charge in [-0.05, 0) is 131 Å². The van der Waals surface area contributed by atoms with Gasteiger partial charge in [-0.15, -0.1) is 0 Å². The number of carboxylic acid groups (broad SMARTS) is 2. The SMILES string of the molecule is COC(=O)c1ccc(C23CC4(c5ccc(C(=O)O)cc5)CC(c5ccc(C(=O)O)cc5)(C2)CC(c2ccc(C(=O)OC)cc2)(C4)C3)cc1. The van der Waals surface area contributed by atoms with E-state index in [4.69, 9.17) is 9.47 Å². The summed E-state index contributed by atoms with van der Waals surface area (Å²) in [5, 5.41) is 19.4.